The molecule has 2 heterocycles. The number of H-pyrrole nitrogens is 1. The van der Waals surface area contributed by atoms with Gasteiger partial charge in [-0.15, -0.1) is 11.8 Å². The predicted molar refractivity (Wildman–Crippen MR) is 101 cm³/mol. The molecular formula is C17H20N4O4S. The second kappa shape index (κ2) is 7.36. The van der Waals surface area contributed by atoms with Crippen LogP contribution in [0, 0.1) is 10.1 Å². The predicted octanol–water partition coefficient (Wildman–Crippen LogP) is 3.22. The molecule has 26 heavy (non-hydrogen) atoms. The van der Waals surface area contributed by atoms with Crippen molar-refractivity contribution >= 4 is 29.2 Å². The minimum atomic E-state index is -0.462. The Kier molecular flexibility index (Phi) is 5.17. The van der Waals surface area contributed by atoms with Gasteiger partial charge < -0.3 is 5.32 Å². The molecule has 138 valence electrons. The van der Waals surface area contributed by atoms with Gasteiger partial charge in [0, 0.05) is 18.2 Å². The van der Waals surface area contributed by atoms with Crippen LogP contribution in [0.2, 0.25) is 0 Å². The van der Waals surface area contributed by atoms with Gasteiger partial charge in [0.25, 0.3) is 11.2 Å². The Bertz CT molecular complexity index is 887. The largest absolute Gasteiger partial charge is 0.310 e. The number of hydrogen-bond donors (Lipinski definition) is 2. The minimum absolute atomic E-state index is 0.00940. The van der Waals surface area contributed by atoms with Gasteiger partial charge in [-0.05, 0) is 18.9 Å². The van der Waals surface area contributed by atoms with Crippen LogP contribution in [-0.4, -0.2) is 26.4 Å². The van der Waals surface area contributed by atoms with Crippen molar-refractivity contribution in [1.82, 2.24) is 9.78 Å². The van der Waals surface area contributed by atoms with Crippen LogP contribution in [0.15, 0.2) is 29.1 Å². The molecule has 9 heteroatoms. The van der Waals surface area contributed by atoms with Crippen LogP contribution < -0.4 is 10.9 Å². The summed E-state index contributed by atoms with van der Waals surface area (Å²) in [5, 5.41) is 16.2. The van der Waals surface area contributed by atoms with Crippen molar-refractivity contribution in [3.63, 3.8) is 0 Å². The molecule has 1 aliphatic heterocycles. The Morgan fingerprint density at radius 3 is 2.65 bits per heavy atom. The summed E-state index contributed by atoms with van der Waals surface area (Å²) >= 11 is 1.34. The highest BCUT2D eigenvalue weighted by Crippen LogP contribution is 2.40. The maximum atomic E-state index is 12.7. The number of benzene rings is 1. The number of nitrogens with one attached hydrogen (secondary N) is 2. The Balaban J connectivity index is 2.08. The van der Waals surface area contributed by atoms with E-state index in [9.17, 15) is 19.7 Å². The van der Waals surface area contributed by atoms with Crippen LogP contribution in [0.1, 0.15) is 49.1 Å². The number of hydrogen-bond acceptors (Lipinski definition) is 5. The number of thioether (sulfide) groups is 1. The molecule has 2 atom stereocenters. The molecular weight excluding hydrogens is 356 g/mol. The minimum Gasteiger partial charge on any atom is -0.310 e. The molecule has 1 aromatic carbocycles. The molecule has 0 unspecified atom stereocenters. The first-order chi connectivity index (χ1) is 12.4. The molecule has 2 N–H and O–H groups in total. The normalized spacial score (nSPS) is 17.9. The van der Waals surface area contributed by atoms with Gasteiger partial charge in [0.05, 0.1) is 21.5 Å². The van der Waals surface area contributed by atoms with E-state index in [1.807, 2.05) is 6.92 Å². The molecule has 0 saturated heterocycles. The number of aromatic amines is 1. The zero-order valence-corrected chi connectivity index (χ0v) is 15.3. The van der Waals surface area contributed by atoms with E-state index in [1.54, 1.807) is 16.8 Å². The Labute approximate surface area is 154 Å². The maximum absolute atomic E-state index is 12.7. The SMILES string of the molecule is CCC[C@@H](C)n1[nH]c(=O)c2c1NC(=O)CS[C@H]2c1ccc([N+](=O)[O-])cc1. The lowest BCUT2D eigenvalue weighted by Crippen LogP contribution is -2.18. The fourth-order valence-corrected chi connectivity index (χ4v) is 4.28. The van der Waals surface area contributed by atoms with Gasteiger partial charge in [-0.2, -0.15) is 0 Å². The first-order valence-electron chi connectivity index (χ1n) is 8.42. The van der Waals surface area contributed by atoms with Crippen molar-refractivity contribution in [2.45, 2.75) is 38.0 Å². The highest BCUT2D eigenvalue weighted by Gasteiger charge is 2.31. The molecule has 0 fully saturated rings. The van der Waals surface area contributed by atoms with Crippen molar-refractivity contribution in [2.24, 2.45) is 0 Å². The molecule has 3 rings (SSSR count). The standard InChI is InChI=1S/C17H20N4O4S/c1-3-4-10(2)20-16-14(17(23)19-20)15(26-9-13(22)18-16)11-5-7-12(8-6-11)21(24)25/h5-8,10,15H,3-4,9H2,1-2H3,(H,18,22)(H,19,23)/t10-,15+/m1/s1. The van der Waals surface area contributed by atoms with Gasteiger partial charge in [-0.1, -0.05) is 25.5 Å². The number of nitro benzene ring substituents is 1. The lowest BCUT2D eigenvalue weighted by molar-refractivity contribution is -0.384. The number of amides is 1. The fraction of sp³-hybridized carbons (Fsp3) is 0.412. The van der Waals surface area contributed by atoms with Crippen molar-refractivity contribution in [2.75, 3.05) is 11.1 Å². The van der Waals surface area contributed by atoms with Crippen LogP contribution in [-0.2, 0) is 4.79 Å². The van der Waals surface area contributed by atoms with Crippen molar-refractivity contribution in [3.05, 3.63) is 55.9 Å². The summed E-state index contributed by atoms with van der Waals surface area (Å²) < 4.78 is 1.73. The first kappa shape index (κ1) is 18.2. The van der Waals surface area contributed by atoms with Crippen LogP contribution in [0.3, 0.4) is 0 Å². The molecule has 1 aromatic heterocycles. The molecule has 0 aliphatic carbocycles. The smallest absolute Gasteiger partial charge is 0.270 e. The Morgan fingerprint density at radius 1 is 1.35 bits per heavy atom. The average Bonchev–Trinajstić information content (AvgIpc) is 2.82. The zero-order chi connectivity index (χ0) is 18.8. The van der Waals surface area contributed by atoms with Crippen LogP contribution in [0.4, 0.5) is 11.5 Å². The van der Waals surface area contributed by atoms with Crippen LogP contribution in [0.5, 0.6) is 0 Å². The van der Waals surface area contributed by atoms with Crippen LogP contribution in [0.25, 0.3) is 0 Å². The summed E-state index contributed by atoms with van der Waals surface area (Å²) in [7, 11) is 0. The quantitative estimate of drug-likeness (QED) is 0.615. The third-order valence-electron chi connectivity index (χ3n) is 4.42. The molecule has 8 nitrogen and oxygen atoms in total. The third-order valence-corrected chi connectivity index (χ3v) is 5.69. The number of anilines is 1. The average molecular weight is 376 g/mol. The highest BCUT2D eigenvalue weighted by atomic mass is 32.2. The summed E-state index contributed by atoms with van der Waals surface area (Å²) in [6.45, 7) is 4.05. The van der Waals surface area contributed by atoms with Gasteiger partial charge in [0.1, 0.15) is 5.82 Å². The molecule has 0 bridgehead atoms. The number of rotatable bonds is 5. The van der Waals surface area contributed by atoms with E-state index in [0.717, 1.165) is 18.4 Å². The molecule has 0 saturated carbocycles. The van der Waals surface area contributed by atoms with E-state index in [1.165, 1.54) is 23.9 Å². The first-order valence-corrected chi connectivity index (χ1v) is 9.47. The number of aromatic nitrogens is 2. The van der Waals surface area contributed by atoms with Crippen molar-refractivity contribution in [3.8, 4) is 0 Å². The topological polar surface area (TPSA) is 110 Å². The lowest BCUT2D eigenvalue weighted by Gasteiger charge is -2.17. The van der Waals surface area contributed by atoms with E-state index in [2.05, 4.69) is 17.3 Å². The number of carbonyl (C=O) groups is 1. The monoisotopic (exact) mass is 376 g/mol. The number of fused-ring (bicyclic) bond motifs is 1. The Morgan fingerprint density at radius 2 is 2.04 bits per heavy atom. The molecule has 0 spiro atoms. The zero-order valence-electron chi connectivity index (χ0n) is 14.5. The van der Waals surface area contributed by atoms with Gasteiger partial charge in [0.15, 0.2) is 0 Å². The van der Waals surface area contributed by atoms with Gasteiger partial charge in [-0.25, -0.2) is 0 Å². The van der Waals surface area contributed by atoms with E-state index in [4.69, 9.17) is 0 Å². The lowest BCUT2D eigenvalue weighted by atomic mass is 10.1. The van der Waals surface area contributed by atoms with Gasteiger partial charge >= 0.3 is 0 Å². The third kappa shape index (κ3) is 3.39. The summed E-state index contributed by atoms with van der Waals surface area (Å²) in [5.41, 5.74) is 0.980. The van der Waals surface area contributed by atoms with E-state index < -0.39 is 4.92 Å². The fourth-order valence-electron chi connectivity index (χ4n) is 3.16. The summed E-state index contributed by atoms with van der Waals surface area (Å²) in [6, 6.07) is 6.15. The molecule has 1 amide bonds. The van der Waals surface area contributed by atoms with Crippen molar-refractivity contribution < 1.29 is 9.72 Å². The maximum Gasteiger partial charge on any atom is 0.270 e. The second-order valence-corrected chi connectivity index (χ2v) is 7.39. The van der Waals surface area contributed by atoms with E-state index in [0.29, 0.717) is 11.4 Å². The number of nitrogens with zero attached hydrogens (tertiary/aromatic N) is 2. The summed E-state index contributed by atoms with van der Waals surface area (Å²) in [5.74, 6) is 0.532. The Hall–Kier alpha value is -2.55. The number of nitro groups is 1. The second-order valence-electron chi connectivity index (χ2n) is 6.30. The highest BCUT2D eigenvalue weighted by molar-refractivity contribution is 8.00. The molecule has 1 aliphatic rings. The van der Waals surface area contributed by atoms with E-state index >= 15 is 0 Å². The van der Waals surface area contributed by atoms with Gasteiger partial charge in [-0.3, -0.25) is 29.5 Å². The summed E-state index contributed by atoms with van der Waals surface area (Å²) in [4.78, 5) is 35.2. The summed E-state index contributed by atoms with van der Waals surface area (Å²) in [6.07, 6.45) is 1.81. The van der Waals surface area contributed by atoms with E-state index in [-0.39, 0.29) is 34.2 Å². The number of non-ortho nitro benzene ring substituents is 1. The van der Waals surface area contributed by atoms with Crippen LogP contribution >= 0.6 is 11.8 Å². The molecule has 0 radical (unpaired) electrons. The number of carbonyl (C=O) groups excluding carboxylic acids is 1. The molecule has 2 aromatic rings. The van der Waals surface area contributed by atoms with Crippen molar-refractivity contribution in [1.29, 1.82) is 0 Å². The van der Waals surface area contributed by atoms with Gasteiger partial charge in [0.2, 0.25) is 5.91 Å².